The summed E-state index contributed by atoms with van der Waals surface area (Å²) in [6.45, 7) is 15.1. The number of ketones is 1. The number of esters is 2. The lowest BCUT2D eigenvalue weighted by Gasteiger charge is -2.66. The van der Waals surface area contributed by atoms with E-state index in [0.29, 0.717) is 12.0 Å². The summed E-state index contributed by atoms with van der Waals surface area (Å²) in [6.07, 6.45) is -3.23. The van der Waals surface area contributed by atoms with Crippen molar-refractivity contribution in [3.63, 3.8) is 0 Å². The van der Waals surface area contributed by atoms with Gasteiger partial charge in [-0.25, -0.2) is 4.79 Å². The van der Waals surface area contributed by atoms with Crippen LogP contribution in [0.3, 0.4) is 0 Å². The summed E-state index contributed by atoms with van der Waals surface area (Å²) in [5.74, 6) is -2.70. The van der Waals surface area contributed by atoms with Crippen LogP contribution < -0.4 is 0 Å². The lowest BCUT2D eigenvalue weighted by Crippen LogP contribution is -2.79. The number of Topliss-reactive ketones (excluding diaryl/α,β-unsaturated/α-hetero) is 1. The standard InChI is InChI=1S/C36H50O10Si/c1-9-47(10-2,11-3)46-25-19-36(41)31(44-32(40)24-15-13-12-14-16-24)29-34(8,18-17-26-35(29,20-42-26)45-23(5)38)30(39)28(43-21-37)27(22(25)4)33(36,6)7/h12-16,21,25-26,28-29,31,41H,9-11,17-20H2,1-8H3/t25-,26+,28?,29?,31?,34+,35-,36+/m0/s1. The van der Waals surface area contributed by atoms with Gasteiger partial charge in [-0.3, -0.25) is 14.4 Å². The molecule has 1 aromatic rings. The lowest BCUT2D eigenvalue weighted by atomic mass is 9.45. The molecule has 10 nitrogen and oxygen atoms in total. The van der Waals surface area contributed by atoms with Gasteiger partial charge in [-0.15, -0.1) is 0 Å². The summed E-state index contributed by atoms with van der Waals surface area (Å²) < 4.78 is 31.4. The predicted octanol–water partition coefficient (Wildman–Crippen LogP) is 5.32. The summed E-state index contributed by atoms with van der Waals surface area (Å²) in [6, 6.07) is 11.0. The molecule has 1 N–H and O–H groups in total. The van der Waals surface area contributed by atoms with Crippen LogP contribution in [0.1, 0.15) is 85.0 Å². The normalized spacial score (nSPS) is 36.1. The zero-order valence-electron chi connectivity index (χ0n) is 28.9. The van der Waals surface area contributed by atoms with Gasteiger partial charge in [-0.2, -0.15) is 0 Å². The van der Waals surface area contributed by atoms with E-state index >= 15 is 4.79 Å². The van der Waals surface area contributed by atoms with Gasteiger partial charge in [0.25, 0.3) is 6.47 Å². The fourth-order valence-corrected chi connectivity index (χ4v) is 12.1. The van der Waals surface area contributed by atoms with Crippen molar-refractivity contribution in [2.24, 2.45) is 16.7 Å². The molecule has 8 atom stereocenters. The van der Waals surface area contributed by atoms with Crippen LogP contribution in [0.25, 0.3) is 0 Å². The lowest BCUT2D eigenvalue weighted by molar-refractivity contribution is -0.332. The quantitative estimate of drug-likeness (QED) is 0.115. The van der Waals surface area contributed by atoms with E-state index in [2.05, 4.69) is 20.8 Å². The monoisotopic (exact) mass is 670 g/mol. The van der Waals surface area contributed by atoms with E-state index in [0.717, 1.165) is 23.7 Å². The first-order chi connectivity index (χ1) is 22.1. The van der Waals surface area contributed by atoms with Crippen LogP contribution in [0.15, 0.2) is 41.5 Å². The molecule has 5 rings (SSSR count). The second kappa shape index (κ2) is 12.5. The summed E-state index contributed by atoms with van der Waals surface area (Å²) in [4.78, 5) is 54.1. The maximum Gasteiger partial charge on any atom is 0.338 e. The van der Waals surface area contributed by atoms with Crippen molar-refractivity contribution in [2.75, 3.05) is 6.61 Å². The minimum atomic E-state index is -2.30. The minimum Gasteiger partial charge on any atom is -0.455 e. The van der Waals surface area contributed by atoms with Crippen molar-refractivity contribution < 1.29 is 47.7 Å². The van der Waals surface area contributed by atoms with Crippen molar-refractivity contribution >= 4 is 32.5 Å². The van der Waals surface area contributed by atoms with Crippen LogP contribution >= 0.6 is 0 Å². The number of hydrogen-bond acceptors (Lipinski definition) is 10. The minimum absolute atomic E-state index is 0.0426. The second-order valence-corrected chi connectivity index (χ2v) is 19.4. The van der Waals surface area contributed by atoms with Crippen molar-refractivity contribution in [3.8, 4) is 0 Å². The number of benzene rings is 1. The smallest absolute Gasteiger partial charge is 0.338 e. The van der Waals surface area contributed by atoms with E-state index in [1.54, 1.807) is 51.1 Å². The van der Waals surface area contributed by atoms with Gasteiger partial charge < -0.3 is 28.5 Å². The van der Waals surface area contributed by atoms with Crippen LogP contribution in [-0.2, 0) is 37.8 Å². The Labute approximate surface area is 278 Å². The molecule has 2 saturated carbocycles. The fourth-order valence-electron chi connectivity index (χ4n) is 9.25. The zero-order chi connectivity index (χ0) is 34.6. The number of ether oxygens (including phenoxy) is 4. The predicted molar refractivity (Wildman–Crippen MR) is 175 cm³/mol. The van der Waals surface area contributed by atoms with Gasteiger partial charge in [0.1, 0.15) is 17.8 Å². The summed E-state index contributed by atoms with van der Waals surface area (Å²) in [7, 11) is -2.30. The summed E-state index contributed by atoms with van der Waals surface area (Å²) in [5, 5.41) is 13.5. The number of carbonyl (C=O) groups excluding carboxylic acids is 4. The molecule has 1 saturated heterocycles. The number of rotatable bonds is 10. The van der Waals surface area contributed by atoms with E-state index < -0.39 is 78.4 Å². The van der Waals surface area contributed by atoms with E-state index in [1.165, 1.54) is 6.92 Å². The van der Waals surface area contributed by atoms with Gasteiger partial charge in [0.2, 0.25) is 0 Å². The highest BCUT2D eigenvalue weighted by molar-refractivity contribution is 6.73. The van der Waals surface area contributed by atoms with Crippen LogP contribution in [0.5, 0.6) is 0 Å². The Kier molecular flexibility index (Phi) is 9.46. The van der Waals surface area contributed by atoms with Gasteiger partial charge in [0.15, 0.2) is 25.8 Å². The van der Waals surface area contributed by atoms with Crippen molar-refractivity contribution in [1.82, 2.24) is 0 Å². The topological polar surface area (TPSA) is 135 Å². The third-order valence-corrected chi connectivity index (χ3v) is 16.9. The molecular weight excluding hydrogens is 620 g/mol. The molecule has 3 unspecified atom stereocenters. The largest absolute Gasteiger partial charge is 0.455 e. The fraction of sp³-hybridized carbons (Fsp3) is 0.667. The van der Waals surface area contributed by atoms with E-state index in [9.17, 15) is 19.5 Å². The molecule has 0 radical (unpaired) electrons. The molecule has 0 aromatic heterocycles. The Morgan fingerprint density at radius 1 is 1.09 bits per heavy atom. The Morgan fingerprint density at radius 2 is 1.72 bits per heavy atom. The third kappa shape index (κ3) is 5.32. The maximum absolute atomic E-state index is 15.1. The van der Waals surface area contributed by atoms with Crippen molar-refractivity contribution in [3.05, 3.63) is 47.0 Å². The average molecular weight is 671 g/mol. The SMILES string of the molecule is CC[Si](CC)(CC)O[C@H]1C[C@@]2(O)C(OC(=O)c3ccccc3)C3[C@@](C)(CC[C@H]4OC[C@@]34OC(C)=O)C(=O)C(OC=O)C(=C1C)C2(C)C. The van der Waals surface area contributed by atoms with E-state index in [4.69, 9.17) is 23.4 Å². The Hall–Kier alpha value is -2.86. The molecule has 3 fully saturated rings. The van der Waals surface area contributed by atoms with Gasteiger partial charge in [-0.05, 0) is 61.2 Å². The molecule has 1 aromatic carbocycles. The van der Waals surface area contributed by atoms with Crippen LogP contribution in [0, 0.1) is 16.7 Å². The first-order valence-electron chi connectivity index (χ1n) is 16.9. The molecule has 0 spiro atoms. The Bertz CT molecular complexity index is 1430. The van der Waals surface area contributed by atoms with Crippen molar-refractivity contribution in [1.29, 1.82) is 0 Å². The van der Waals surface area contributed by atoms with Gasteiger partial charge in [-0.1, -0.05) is 59.7 Å². The summed E-state index contributed by atoms with van der Waals surface area (Å²) >= 11 is 0. The highest BCUT2D eigenvalue weighted by Crippen LogP contribution is 2.64. The van der Waals surface area contributed by atoms with Gasteiger partial charge in [0.05, 0.1) is 24.2 Å². The Balaban J connectivity index is 1.82. The second-order valence-electron chi connectivity index (χ2n) is 14.7. The third-order valence-electron chi connectivity index (χ3n) is 12.3. The molecule has 3 aliphatic carbocycles. The van der Waals surface area contributed by atoms with Crippen LogP contribution in [0.2, 0.25) is 18.1 Å². The zero-order valence-corrected chi connectivity index (χ0v) is 29.9. The molecule has 11 heteroatoms. The van der Waals surface area contributed by atoms with Crippen LogP contribution in [0.4, 0.5) is 0 Å². The van der Waals surface area contributed by atoms with Gasteiger partial charge >= 0.3 is 11.9 Å². The number of carbonyl (C=O) groups is 4. The average Bonchev–Trinajstić information content (AvgIpc) is 3.03. The highest BCUT2D eigenvalue weighted by Gasteiger charge is 2.76. The van der Waals surface area contributed by atoms with Crippen molar-refractivity contribution in [2.45, 2.75) is 128 Å². The first kappa shape index (κ1) is 35.4. The molecule has 0 amide bonds. The molecule has 4 aliphatic rings. The molecule has 47 heavy (non-hydrogen) atoms. The molecule has 1 aliphatic heterocycles. The highest BCUT2D eigenvalue weighted by atomic mass is 28.4. The molecule has 258 valence electrons. The van der Waals surface area contributed by atoms with E-state index in [1.807, 2.05) is 6.92 Å². The summed E-state index contributed by atoms with van der Waals surface area (Å²) in [5.41, 5.74) is -4.42. The maximum atomic E-state index is 15.1. The molecule has 1 heterocycles. The first-order valence-corrected chi connectivity index (χ1v) is 19.5. The number of fused-ring (bicyclic) bond motifs is 5. The molecule has 2 bridgehead atoms. The number of hydrogen-bond donors (Lipinski definition) is 1. The van der Waals surface area contributed by atoms with Gasteiger partial charge in [0, 0.05) is 24.2 Å². The van der Waals surface area contributed by atoms with Crippen LogP contribution in [-0.4, -0.2) is 79.8 Å². The van der Waals surface area contributed by atoms with E-state index in [-0.39, 0.29) is 31.5 Å². The Morgan fingerprint density at radius 3 is 2.26 bits per heavy atom. The number of aliphatic hydroxyl groups is 1. The molecular formula is C36H50O10Si.